The molecule has 0 heterocycles. The Labute approximate surface area is 115 Å². The lowest BCUT2D eigenvalue weighted by Gasteiger charge is -2.20. The van der Waals surface area contributed by atoms with Gasteiger partial charge in [-0.25, -0.2) is 14.0 Å². The zero-order valence-electron chi connectivity index (χ0n) is 10.9. The summed E-state index contributed by atoms with van der Waals surface area (Å²) in [4.78, 5) is 24.1. The fourth-order valence-electron chi connectivity index (χ4n) is 1.56. The summed E-state index contributed by atoms with van der Waals surface area (Å²) < 4.78 is 13.2. The number of aromatic carboxylic acids is 1. The van der Waals surface area contributed by atoms with E-state index in [2.05, 4.69) is 5.32 Å². The summed E-state index contributed by atoms with van der Waals surface area (Å²) in [5.74, 6) is -2.28. The molecule has 106 valence electrons. The van der Waals surface area contributed by atoms with Crippen molar-refractivity contribution in [3.63, 3.8) is 0 Å². The van der Waals surface area contributed by atoms with Crippen LogP contribution in [0.5, 0.6) is 0 Å². The van der Waals surface area contributed by atoms with E-state index in [-0.39, 0.29) is 18.7 Å². The number of hydrogen-bond acceptors (Lipinski definition) is 3. The molecule has 0 unspecified atom stereocenters. The molecule has 0 aromatic heterocycles. The average Bonchev–Trinajstić information content (AvgIpc) is 2.41. The second-order valence-corrected chi connectivity index (χ2v) is 3.92. The Balaban J connectivity index is 2.82. The Bertz CT molecular complexity index is 554. The first-order valence-electron chi connectivity index (χ1n) is 5.95. The molecule has 1 rings (SSSR count). The van der Waals surface area contributed by atoms with Gasteiger partial charge in [0.1, 0.15) is 5.82 Å². The Morgan fingerprint density at radius 2 is 2.20 bits per heavy atom. The summed E-state index contributed by atoms with van der Waals surface area (Å²) in [5, 5.41) is 19.8. The number of carboxylic acids is 1. The van der Waals surface area contributed by atoms with Gasteiger partial charge in [-0.3, -0.25) is 0 Å². The zero-order chi connectivity index (χ0) is 15.1. The number of halogens is 1. The molecule has 2 amide bonds. The van der Waals surface area contributed by atoms with Gasteiger partial charge in [-0.05, 0) is 25.1 Å². The van der Waals surface area contributed by atoms with Gasteiger partial charge in [0.2, 0.25) is 0 Å². The number of hydrogen-bond donors (Lipinski definition) is 2. The fraction of sp³-hybridized carbons (Fsp3) is 0.308. The van der Waals surface area contributed by atoms with Crippen LogP contribution in [-0.4, -0.2) is 35.1 Å². The first-order chi connectivity index (χ1) is 9.49. The summed E-state index contributed by atoms with van der Waals surface area (Å²) in [6.45, 7) is 2.43. The van der Waals surface area contributed by atoms with E-state index in [1.165, 1.54) is 11.0 Å². The molecule has 0 atom stereocenters. The van der Waals surface area contributed by atoms with Gasteiger partial charge in [-0.2, -0.15) is 5.26 Å². The van der Waals surface area contributed by atoms with E-state index in [1.54, 1.807) is 6.92 Å². The molecule has 2 N–H and O–H groups in total. The Morgan fingerprint density at radius 1 is 1.50 bits per heavy atom. The summed E-state index contributed by atoms with van der Waals surface area (Å²) in [6, 6.07) is 4.77. The van der Waals surface area contributed by atoms with Crippen molar-refractivity contribution in [3.05, 3.63) is 29.6 Å². The van der Waals surface area contributed by atoms with Crippen molar-refractivity contribution in [1.82, 2.24) is 4.90 Å². The number of anilines is 1. The minimum atomic E-state index is -1.41. The maximum atomic E-state index is 13.2. The smallest absolute Gasteiger partial charge is 0.338 e. The molecule has 0 aliphatic heterocycles. The molecule has 0 radical (unpaired) electrons. The lowest BCUT2D eigenvalue weighted by molar-refractivity contribution is 0.0692. The van der Waals surface area contributed by atoms with Crippen LogP contribution in [-0.2, 0) is 0 Å². The Kier molecular flexibility index (Phi) is 5.47. The number of urea groups is 1. The topological polar surface area (TPSA) is 93.4 Å². The standard InChI is InChI=1S/C13H14FN3O3/c1-2-17(7-3-6-15)13(20)16-9-4-5-11(14)10(8-9)12(18)19/h4-5,8H,2-3,7H2,1H3,(H,16,20)(H,18,19). The SMILES string of the molecule is CCN(CCC#N)C(=O)Nc1ccc(F)c(C(=O)O)c1. The lowest BCUT2D eigenvalue weighted by Crippen LogP contribution is -2.35. The third-order valence-corrected chi connectivity index (χ3v) is 2.61. The zero-order valence-corrected chi connectivity index (χ0v) is 10.9. The van der Waals surface area contributed by atoms with Crippen LogP contribution in [0, 0.1) is 17.1 Å². The fourth-order valence-corrected chi connectivity index (χ4v) is 1.56. The number of nitriles is 1. The predicted molar refractivity (Wildman–Crippen MR) is 69.9 cm³/mol. The maximum absolute atomic E-state index is 13.2. The highest BCUT2D eigenvalue weighted by atomic mass is 19.1. The molecule has 0 saturated carbocycles. The third kappa shape index (κ3) is 3.95. The summed E-state index contributed by atoms with van der Waals surface area (Å²) >= 11 is 0. The third-order valence-electron chi connectivity index (χ3n) is 2.61. The summed E-state index contributed by atoms with van der Waals surface area (Å²) in [5.41, 5.74) is -0.327. The number of carbonyl (C=O) groups is 2. The summed E-state index contributed by atoms with van der Waals surface area (Å²) in [7, 11) is 0. The second-order valence-electron chi connectivity index (χ2n) is 3.92. The van der Waals surface area contributed by atoms with E-state index in [0.29, 0.717) is 6.54 Å². The highest BCUT2D eigenvalue weighted by Gasteiger charge is 2.14. The molecule has 0 aliphatic rings. The summed E-state index contributed by atoms with van der Waals surface area (Å²) in [6.07, 6.45) is 0.199. The molecular formula is C13H14FN3O3. The van der Waals surface area contributed by atoms with Crippen LogP contribution in [0.1, 0.15) is 23.7 Å². The normalized spacial score (nSPS) is 9.65. The van der Waals surface area contributed by atoms with E-state index >= 15 is 0 Å². The quantitative estimate of drug-likeness (QED) is 0.864. The average molecular weight is 279 g/mol. The van der Waals surface area contributed by atoms with Gasteiger partial charge in [0.05, 0.1) is 18.1 Å². The van der Waals surface area contributed by atoms with E-state index in [0.717, 1.165) is 12.1 Å². The lowest BCUT2D eigenvalue weighted by atomic mass is 10.2. The molecule has 1 aromatic carbocycles. The molecule has 0 saturated heterocycles. The highest BCUT2D eigenvalue weighted by molar-refractivity contribution is 5.93. The van der Waals surface area contributed by atoms with Crippen LogP contribution in [0.25, 0.3) is 0 Å². The van der Waals surface area contributed by atoms with Crippen LogP contribution < -0.4 is 5.32 Å². The Morgan fingerprint density at radius 3 is 2.75 bits per heavy atom. The van der Waals surface area contributed by atoms with Gasteiger partial charge in [-0.1, -0.05) is 0 Å². The highest BCUT2D eigenvalue weighted by Crippen LogP contribution is 2.15. The van der Waals surface area contributed by atoms with E-state index < -0.39 is 23.4 Å². The number of nitrogens with one attached hydrogen (secondary N) is 1. The van der Waals surface area contributed by atoms with Gasteiger partial charge < -0.3 is 15.3 Å². The first kappa shape index (κ1) is 15.4. The van der Waals surface area contributed by atoms with Crippen LogP contribution >= 0.6 is 0 Å². The van der Waals surface area contributed by atoms with Crippen molar-refractivity contribution in [2.45, 2.75) is 13.3 Å². The minimum Gasteiger partial charge on any atom is -0.478 e. The molecule has 20 heavy (non-hydrogen) atoms. The number of carboxylic acid groups (broad SMARTS) is 1. The molecule has 7 heteroatoms. The first-order valence-corrected chi connectivity index (χ1v) is 5.95. The molecule has 0 fully saturated rings. The van der Waals surface area contributed by atoms with E-state index in [9.17, 15) is 14.0 Å². The minimum absolute atomic E-state index is 0.184. The molecule has 0 bridgehead atoms. The maximum Gasteiger partial charge on any atom is 0.338 e. The number of rotatable bonds is 5. The van der Waals surface area contributed by atoms with Crippen LogP contribution in [0.15, 0.2) is 18.2 Å². The van der Waals surface area contributed by atoms with Gasteiger partial charge in [0, 0.05) is 18.8 Å². The van der Waals surface area contributed by atoms with Gasteiger partial charge >= 0.3 is 12.0 Å². The van der Waals surface area contributed by atoms with Crippen LogP contribution in [0.2, 0.25) is 0 Å². The number of benzene rings is 1. The second kappa shape index (κ2) is 7.09. The molecule has 6 nitrogen and oxygen atoms in total. The van der Waals surface area contributed by atoms with Gasteiger partial charge in [0.25, 0.3) is 0 Å². The molecular weight excluding hydrogens is 265 g/mol. The number of amides is 2. The monoisotopic (exact) mass is 279 g/mol. The molecule has 0 aliphatic carbocycles. The molecule has 1 aromatic rings. The van der Waals surface area contributed by atoms with Gasteiger partial charge in [0.15, 0.2) is 0 Å². The largest absolute Gasteiger partial charge is 0.478 e. The van der Waals surface area contributed by atoms with E-state index in [4.69, 9.17) is 10.4 Å². The van der Waals surface area contributed by atoms with Crippen molar-refractivity contribution in [1.29, 1.82) is 5.26 Å². The van der Waals surface area contributed by atoms with Gasteiger partial charge in [-0.15, -0.1) is 0 Å². The van der Waals surface area contributed by atoms with Crippen LogP contribution in [0.3, 0.4) is 0 Å². The Hall–Kier alpha value is -2.62. The van der Waals surface area contributed by atoms with Crippen molar-refractivity contribution in [2.24, 2.45) is 0 Å². The van der Waals surface area contributed by atoms with Crippen molar-refractivity contribution < 1.29 is 19.1 Å². The van der Waals surface area contributed by atoms with Crippen molar-refractivity contribution in [2.75, 3.05) is 18.4 Å². The number of carbonyl (C=O) groups excluding carboxylic acids is 1. The molecule has 0 spiro atoms. The van der Waals surface area contributed by atoms with Crippen LogP contribution in [0.4, 0.5) is 14.9 Å². The van der Waals surface area contributed by atoms with Crippen molar-refractivity contribution >= 4 is 17.7 Å². The van der Waals surface area contributed by atoms with Crippen molar-refractivity contribution in [3.8, 4) is 6.07 Å². The van der Waals surface area contributed by atoms with E-state index in [1.807, 2.05) is 6.07 Å². The predicted octanol–water partition coefficient (Wildman–Crippen LogP) is 2.29. The number of nitrogens with zero attached hydrogens (tertiary/aromatic N) is 2.